The molecule has 0 saturated carbocycles. The molecule has 3 amide bonds. The van der Waals surface area contributed by atoms with E-state index in [-0.39, 0.29) is 17.9 Å². The van der Waals surface area contributed by atoms with Crippen LogP contribution in [0.4, 0.5) is 19.3 Å². The van der Waals surface area contributed by atoms with Crippen LogP contribution in [0.25, 0.3) is 0 Å². The van der Waals surface area contributed by atoms with Gasteiger partial charge in [-0.3, -0.25) is 9.78 Å². The first-order chi connectivity index (χ1) is 12.9. The molecule has 2 aromatic rings. The predicted molar refractivity (Wildman–Crippen MR) is 93.6 cm³/mol. The Morgan fingerprint density at radius 1 is 1.30 bits per heavy atom. The minimum absolute atomic E-state index is 0.00393. The van der Waals surface area contributed by atoms with Crippen LogP contribution in [-0.4, -0.2) is 36.6 Å². The number of benzene rings is 1. The number of ether oxygens (including phenoxy) is 1. The van der Waals surface area contributed by atoms with Gasteiger partial charge in [0.15, 0.2) is 0 Å². The summed E-state index contributed by atoms with van der Waals surface area (Å²) in [4.78, 5) is 28.4. The Morgan fingerprint density at radius 2 is 2.00 bits per heavy atom. The first-order valence-corrected chi connectivity index (χ1v) is 8.20. The zero-order valence-electron chi connectivity index (χ0n) is 14.7. The van der Waals surface area contributed by atoms with E-state index < -0.39 is 35.5 Å². The summed E-state index contributed by atoms with van der Waals surface area (Å²) in [5.41, 5.74) is 0.924. The number of aryl methyl sites for hydroxylation is 1. The molecule has 1 aromatic heterocycles. The van der Waals surface area contributed by atoms with Crippen LogP contribution in [0.3, 0.4) is 0 Å². The number of pyridine rings is 1. The van der Waals surface area contributed by atoms with Crippen molar-refractivity contribution in [2.75, 3.05) is 19.0 Å². The van der Waals surface area contributed by atoms with Gasteiger partial charge in [-0.1, -0.05) is 0 Å². The highest BCUT2D eigenvalue weighted by atomic mass is 19.1. The molecule has 1 aliphatic rings. The van der Waals surface area contributed by atoms with Gasteiger partial charge in [0, 0.05) is 35.9 Å². The van der Waals surface area contributed by atoms with Gasteiger partial charge in [-0.15, -0.1) is 0 Å². The first-order valence-electron chi connectivity index (χ1n) is 8.20. The number of nitrogens with one attached hydrogen (secondary N) is 3. The number of rotatable bonds is 4. The lowest BCUT2D eigenvalue weighted by Gasteiger charge is -2.20. The van der Waals surface area contributed by atoms with E-state index in [2.05, 4.69) is 20.9 Å². The highest BCUT2D eigenvalue weighted by Gasteiger charge is 2.40. The van der Waals surface area contributed by atoms with Gasteiger partial charge in [0.1, 0.15) is 23.4 Å². The predicted octanol–water partition coefficient (Wildman–Crippen LogP) is 2.08. The summed E-state index contributed by atoms with van der Waals surface area (Å²) in [6.45, 7) is 1.80. The minimum Gasteiger partial charge on any atom is -0.497 e. The van der Waals surface area contributed by atoms with Gasteiger partial charge in [0.2, 0.25) is 5.91 Å². The van der Waals surface area contributed by atoms with Gasteiger partial charge in [-0.05, 0) is 19.1 Å². The molecule has 142 valence electrons. The largest absolute Gasteiger partial charge is 0.497 e. The van der Waals surface area contributed by atoms with Crippen molar-refractivity contribution in [1.29, 1.82) is 0 Å². The van der Waals surface area contributed by atoms with Crippen LogP contribution in [0.5, 0.6) is 5.75 Å². The molecule has 1 aliphatic heterocycles. The van der Waals surface area contributed by atoms with E-state index in [1.54, 1.807) is 19.1 Å². The Morgan fingerprint density at radius 3 is 2.59 bits per heavy atom. The molecular formula is C18H18F2N4O3. The maximum absolute atomic E-state index is 14.4. The van der Waals surface area contributed by atoms with Crippen molar-refractivity contribution in [2.24, 2.45) is 0 Å². The van der Waals surface area contributed by atoms with Crippen LogP contribution in [-0.2, 0) is 4.79 Å². The normalized spacial score (nSPS) is 18.7. The van der Waals surface area contributed by atoms with Crippen molar-refractivity contribution in [1.82, 2.24) is 15.6 Å². The van der Waals surface area contributed by atoms with Gasteiger partial charge in [0.05, 0.1) is 19.0 Å². The second kappa shape index (κ2) is 7.56. The number of urea groups is 1. The Hall–Kier alpha value is -3.23. The molecule has 1 aromatic carbocycles. The number of hydrogen-bond acceptors (Lipinski definition) is 4. The van der Waals surface area contributed by atoms with Crippen LogP contribution in [0.15, 0.2) is 30.5 Å². The fourth-order valence-electron chi connectivity index (χ4n) is 2.94. The molecule has 0 spiro atoms. The fourth-order valence-corrected chi connectivity index (χ4v) is 2.94. The Labute approximate surface area is 154 Å². The van der Waals surface area contributed by atoms with Crippen molar-refractivity contribution in [3.8, 4) is 5.75 Å². The summed E-state index contributed by atoms with van der Waals surface area (Å²) in [5.74, 6) is -3.08. The van der Waals surface area contributed by atoms with Crippen molar-refractivity contribution in [3.63, 3.8) is 0 Å². The Kier molecular flexibility index (Phi) is 5.20. The lowest BCUT2D eigenvalue weighted by atomic mass is 9.93. The van der Waals surface area contributed by atoms with Gasteiger partial charge < -0.3 is 20.7 Å². The number of carbonyl (C=O) groups is 2. The summed E-state index contributed by atoms with van der Waals surface area (Å²) >= 11 is 0. The average molecular weight is 376 g/mol. The van der Waals surface area contributed by atoms with E-state index in [1.807, 2.05) is 0 Å². The van der Waals surface area contributed by atoms with E-state index in [1.165, 1.54) is 13.3 Å². The second-order valence-electron chi connectivity index (χ2n) is 6.12. The van der Waals surface area contributed by atoms with Crippen LogP contribution in [0, 0.1) is 18.6 Å². The summed E-state index contributed by atoms with van der Waals surface area (Å²) in [7, 11) is 1.29. The quantitative estimate of drug-likeness (QED) is 0.762. The molecule has 0 bridgehead atoms. The third kappa shape index (κ3) is 3.97. The Bertz CT molecular complexity index is 850. The molecule has 2 heterocycles. The number of nitrogens with zero attached hydrogens (tertiary/aromatic N) is 1. The van der Waals surface area contributed by atoms with Crippen molar-refractivity contribution in [3.05, 3.63) is 53.4 Å². The smallest absolute Gasteiger partial charge is 0.319 e. The monoisotopic (exact) mass is 376 g/mol. The molecule has 9 heteroatoms. The molecule has 1 saturated heterocycles. The average Bonchev–Trinajstić information content (AvgIpc) is 2.97. The van der Waals surface area contributed by atoms with E-state index in [0.717, 1.165) is 17.8 Å². The molecule has 27 heavy (non-hydrogen) atoms. The van der Waals surface area contributed by atoms with Crippen molar-refractivity contribution < 1.29 is 23.1 Å². The number of aromatic nitrogens is 1. The summed E-state index contributed by atoms with van der Waals surface area (Å²) in [5, 5.41) is 7.52. The van der Waals surface area contributed by atoms with Gasteiger partial charge in [0.25, 0.3) is 0 Å². The van der Waals surface area contributed by atoms with E-state index in [0.29, 0.717) is 5.69 Å². The van der Waals surface area contributed by atoms with Crippen molar-refractivity contribution >= 4 is 17.6 Å². The molecule has 1 fully saturated rings. The minimum atomic E-state index is -1.12. The van der Waals surface area contributed by atoms with Crippen LogP contribution < -0.4 is 20.7 Å². The lowest BCUT2D eigenvalue weighted by Crippen LogP contribution is -2.45. The number of hydrogen-bond donors (Lipinski definition) is 3. The molecule has 2 atom stereocenters. The maximum atomic E-state index is 14.4. The molecule has 0 unspecified atom stereocenters. The molecular weight excluding hydrogens is 358 g/mol. The van der Waals surface area contributed by atoms with E-state index >= 15 is 0 Å². The van der Waals surface area contributed by atoms with Gasteiger partial charge in [-0.2, -0.15) is 0 Å². The molecule has 3 N–H and O–H groups in total. The van der Waals surface area contributed by atoms with Crippen LogP contribution >= 0.6 is 0 Å². The zero-order valence-corrected chi connectivity index (χ0v) is 14.7. The van der Waals surface area contributed by atoms with Crippen molar-refractivity contribution in [2.45, 2.75) is 18.9 Å². The molecule has 7 nitrogen and oxygen atoms in total. The third-order valence-corrected chi connectivity index (χ3v) is 4.30. The van der Waals surface area contributed by atoms with Crippen LogP contribution in [0.2, 0.25) is 0 Å². The van der Waals surface area contributed by atoms with E-state index in [9.17, 15) is 18.4 Å². The highest BCUT2D eigenvalue weighted by Crippen LogP contribution is 2.31. The number of halogens is 2. The number of methoxy groups -OCH3 is 1. The van der Waals surface area contributed by atoms with Crippen LogP contribution in [0.1, 0.15) is 17.2 Å². The lowest BCUT2D eigenvalue weighted by molar-refractivity contribution is -0.120. The number of amides is 3. The number of carbonyl (C=O) groups excluding carboxylic acids is 2. The Balaban J connectivity index is 1.78. The van der Waals surface area contributed by atoms with Gasteiger partial charge in [-0.25, -0.2) is 13.6 Å². The summed E-state index contributed by atoms with van der Waals surface area (Å²) < 4.78 is 33.6. The maximum Gasteiger partial charge on any atom is 0.319 e. The summed E-state index contributed by atoms with van der Waals surface area (Å²) in [6, 6.07) is 3.63. The SMILES string of the molecule is COc1cc(F)c([C@@H]2CNC(=O)[C@H]2NC(=O)Nc2ccc(C)nc2)c(F)c1. The second-order valence-corrected chi connectivity index (χ2v) is 6.12. The fraction of sp³-hybridized carbons (Fsp3) is 0.278. The van der Waals surface area contributed by atoms with E-state index in [4.69, 9.17) is 4.74 Å². The third-order valence-electron chi connectivity index (χ3n) is 4.30. The molecule has 0 aliphatic carbocycles. The summed E-state index contributed by atoms with van der Waals surface area (Å²) in [6.07, 6.45) is 1.46. The number of anilines is 1. The topological polar surface area (TPSA) is 92.4 Å². The molecule has 3 rings (SSSR count). The standard InChI is InChI=1S/C18H18F2N4O3/c1-9-3-4-10(7-21-9)23-18(26)24-16-12(8-22-17(16)25)15-13(19)5-11(27-2)6-14(15)20/h3-7,12,16H,8H2,1-2H3,(H,22,25)(H2,23,24,26)/t12-,16-/m0/s1. The molecule has 0 radical (unpaired) electrons. The van der Waals surface area contributed by atoms with Gasteiger partial charge >= 0.3 is 6.03 Å². The first kappa shape index (κ1) is 18.6. The zero-order chi connectivity index (χ0) is 19.6. The highest BCUT2D eigenvalue weighted by molar-refractivity contribution is 5.95.